The summed E-state index contributed by atoms with van der Waals surface area (Å²) in [6.45, 7) is 4.27. The van der Waals surface area contributed by atoms with Crippen LogP contribution in [0.25, 0.3) is 0 Å². The average molecular weight is 225 g/mol. The van der Waals surface area contributed by atoms with Crippen molar-refractivity contribution in [1.29, 1.82) is 0 Å². The molecular weight excluding hydrogens is 206 g/mol. The van der Waals surface area contributed by atoms with E-state index in [2.05, 4.69) is 39.8 Å². The zero-order valence-corrected chi connectivity index (χ0v) is 9.86. The predicted octanol–water partition coefficient (Wildman–Crippen LogP) is 1.74. The first-order valence-electron chi connectivity index (χ1n) is 5.79. The molecule has 1 aromatic heterocycles. The highest BCUT2D eigenvalue weighted by molar-refractivity contribution is 5.88. The van der Waals surface area contributed by atoms with E-state index in [0.717, 1.165) is 12.8 Å². The molecular formula is C10H19N5O. The van der Waals surface area contributed by atoms with E-state index in [-0.39, 0.29) is 11.9 Å². The molecule has 0 saturated heterocycles. The number of hydrogen-bond acceptors (Lipinski definition) is 4. The van der Waals surface area contributed by atoms with Gasteiger partial charge in [-0.1, -0.05) is 38.2 Å². The lowest BCUT2D eigenvalue weighted by Crippen LogP contribution is -2.17. The molecule has 6 nitrogen and oxygen atoms in total. The lowest BCUT2D eigenvalue weighted by Gasteiger charge is -2.12. The van der Waals surface area contributed by atoms with E-state index in [1.807, 2.05) is 0 Å². The van der Waals surface area contributed by atoms with Crippen molar-refractivity contribution in [3.63, 3.8) is 0 Å². The van der Waals surface area contributed by atoms with Crippen molar-refractivity contribution >= 4 is 11.9 Å². The maximum Gasteiger partial charge on any atom is 0.269 e. The van der Waals surface area contributed by atoms with Crippen molar-refractivity contribution in [3.8, 4) is 0 Å². The van der Waals surface area contributed by atoms with Gasteiger partial charge in [0, 0.05) is 6.42 Å². The Bertz CT molecular complexity index is 298. The lowest BCUT2D eigenvalue weighted by atomic mass is 9.95. The molecule has 90 valence electrons. The molecule has 0 radical (unpaired) electrons. The Morgan fingerprint density at radius 1 is 1.50 bits per heavy atom. The van der Waals surface area contributed by atoms with Gasteiger partial charge in [0.1, 0.15) is 0 Å². The molecule has 1 amide bonds. The summed E-state index contributed by atoms with van der Waals surface area (Å²) in [5.74, 6) is 0.659. The van der Waals surface area contributed by atoms with Gasteiger partial charge in [-0.05, 0) is 17.6 Å². The number of amides is 1. The van der Waals surface area contributed by atoms with Crippen molar-refractivity contribution in [2.75, 3.05) is 5.32 Å². The number of H-pyrrole nitrogens is 1. The summed E-state index contributed by atoms with van der Waals surface area (Å²) in [4.78, 5) is 11.6. The topological polar surface area (TPSA) is 83.6 Å². The van der Waals surface area contributed by atoms with E-state index in [9.17, 15) is 4.79 Å². The predicted molar refractivity (Wildman–Crippen MR) is 60.7 cm³/mol. The van der Waals surface area contributed by atoms with Crippen LogP contribution in [0.15, 0.2) is 0 Å². The third kappa shape index (κ3) is 4.37. The van der Waals surface area contributed by atoms with Crippen LogP contribution in [0.5, 0.6) is 0 Å². The Kier molecular flexibility index (Phi) is 5.45. The molecule has 6 heteroatoms. The van der Waals surface area contributed by atoms with E-state index in [1.54, 1.807) is 0 Å². The number of aromatic nitrogens is 4. The number of tetrazole rings is 1. The van der Waals surface area contributed by atoms with Crippen LogP contribution in [0.1, 0.15) is 46.0 Å². The second kappa shape index (κ2) is 6.92. The van der Waals surface area contributed by atoms with Crippen LogP contribution in [-0.2, 0) is 4.79 Å². The van der Waals surface area contributed by atoms with Gasteiger partial charge in [-0.15, -0.1) is 5.10 Å². The van der Waals surface area contributed by atoms with Crippen molar-refractivity contribution in [3.05, 3.63) is 0 Å². The van der Waals surface area contributed by atoms with E-state index < -0.39 is 0 Å². The van der Waals surface area contributed by atoms with E-state index in [0.29, 0.717) is 12.3 Å². The van der Waals surface area contributed by atoms with Crippen molar-refractivity contribution in [2.24, 2.45) is 5.92 Å². The fourth-order valence-corrected chi connectivity index (χ4v) is 1.60. The largest absolute Gasteiger partial charge is 0.292 e. The minimum atomic E-state index is -0.0376. The number of carbonyl (C=O) groups is 1. The number of aromatic amines is 1. The van der Waals surface area contributed by atoms with Crippen LogP contribution < -0.4 is 5.32 Å². The van der Waals surface area contributed by atoms with Crippen LogP contribution in [0.2, 0.25) is 0 Å². The first kappa shape index (κ1) is 12.6. The molecule has 0 saturated carbocycles. The van der Waals surface area contributed by atoms with Gasteiger partial charge >= 0.3 is 0 Å². The Labute approximate surface area is 95.2 Å². The van der Waals surface area contributed by atoms with Crippen LogP contribution in [-0.4, -0.2) is 26.5 Å². The third-order valence-corrected chi connectivity index (χ3v) is 2.61. The molecule has 0 aliphatic heterocycles. The molecule has 0 fully saturated rings. The summed E-state index contributed by atoms with van der Waals surface area (Å²) in [5.41, 5.74) is 0. The minimum Gasteiger partial charge on any atom is -0.292 e. The van der Waals surface area contributed by atoms with E-state index in [4.69, 9.17) is 0 Å². The second-order valence-corrected chi connectivity index (χ2v) is 3.90. The number of anilines is 1. The average Bonchev–Trinajstić information content (AvgIpc) is 2.76. The Hall–Kier alpha value is -1.46. The summed E-state index contributed by atoms with van der Waals surface area (Å²) in [6, 6.07) is 0. The van der Waals surface area contributed by atoms with Gasteiger partial charge in [0.05, 0.1) is 0 Å². The molecule has 0 aromatic carbocycles. The normalized spacial score (nSPS) is 12.4. The molecule has 1 atom stereocenters. The SMILES string of the molecule is CCCC[C@@H](CC)CC(=O)Nc1nn[nH]n1. The van der Waals surface area contributed by atoms with Gasteiger partial charge < -0.3 is 0 Å². The van der Waals surface area contributed by atoms with E-state index in [1.165, 1.54) is 12.8 Å². The zero-order valence-electron chi connectivity index (χ0n) is 9.86. The van der Waals surface area contributed by atoms with Gasteiger partial charge in [0.2, 0.25) is 5.91 Å². The van der Waals surface area contributed by atoms with Gasteiger partial charge in [0.15, 0.2) is 0 Å². The molecule has 16 heavy (non-hydrogen) atoms. The van der Waals surface area contributed by atoms with E-state index >= 15 is 0 Å². The maximum absolute atomic E-state index is 11.6. The second-order valence-electron chi connectivity index (χ2n) is 3.90. The third-order valence-electron chi connectivity index (χ3n) is 2.61. The van der Waals surface area contributed by atoms with Gasteiger partial charge in [-0.2, -0.15) is 5.21 Å². The first-order valence-corrected chi connectivity index (χ1v) is 5.79. The first-order chi connectivity index (χ1) is 7.76. The van der Waals surface area contributed by atoms with Crippen LogP contribution in [0.4, 0.5) is 5.95 Å². The highest BCUT2D eigenvalue weighted by Crippen LogP contribution is 2.16. The summed E-state index contributed by atoms with van der Waals surface area (Å²) < 4.78 is 0. The zero-order chi connectivity index (χ0) is 11.8. The molecule has 2 N–H and O–H groups in total. The van der Waals surface area contributed by atoms with Crippen molar-refractivity contribution < 1.29 is 4.79 Å². The van der Waals surface area contributed by atoms with Gasteiger partial charge in [0.25, 0.3) is 5.95 Å². The maximum atomic E-state index is 11.6. The minimum absolute atomic E-state index is 0.0376. The van der Waals surface area contributed by atoms with Gasteiger partial charge in [-0.3, -0.25) is 10.1 Å². The monoisotopic (exact) mass is 225 g/mol. The molecule has 0 spiro atoms. The number of unbranched alkanes of at least 4 members (excludes halogenated alkanes) is 1. The summed E-state index contributed by atoms with van der Waals surface area (Å²) in [7, 11) is 0. The number of carbonyl (C=O) groups excluding carboxylic acids is 1. The fourth-order valence-electron chi connectivity index (χ4n) is 1.60. The van der Waals surface area contributed by atoms with Crippen molar-refractivity contribution in [2.45, 2.75) is 46.0 Å². The quantitative estimate of drug-likeness (QED) is 0.740. The van der Waals surface area contributed by atoms with Crippen LogP contribution >= 0.6 is 0 Å². The van der Waals surface area contributed by atoms with Crippen molar-refractivity contribution in [1.82, 2.24) is 20.6 Å². The molecule has 1 aromatic rings. The molecule has 1 heterocycles. The van der Waals surface area contributed by atoms with Crippen LogP contribution in [0.3, 0.4) is 0 Å². The highest BCUT2D eigenvalue weighted by atomic mass is 16.1. The number of nitrogens with one attached hydrogen (secondary N) is 2. The number of hydrogen-bond donors (Lipinski definition) is 2. The molecule has 0 aliphatic carbocycles. The fraction of sp³-hybridized carbons (Fsp3) is 0.800. The number of nitrogens with zero attached hydrogens (tertiary/aromatic N) is 3. The molecule has 0 bridgehead atoms. The standard InChI is InChI=1S/C10H19N5O/c1-3-5-6-8(4-2)7-9(16)11-10-12-14-15-13-10/h8H,3-7H2,1-2H3,(H2,11,12,13,14,15,16)/t8-/m1/s1. The Balaban J connectivity index is 2.31. The number of rotatable bonds is 7. The summed E-state index contributed by atoms with van der Waals surface area (Å²) in [6.07, 6.45) is 5.01. The molecule has 0 unspecified atom stereocenters. The summed E-state index contributed by atoms with van der Waals surface area (Å²) in [5, 5.41) is 15.6. The lowest BCUT2D eigenvalue weighted by molar-refractivity contribution is -0.117. The molecule has 0 aliphatic rings. The summed E-state index contributed by atoms with van der Waals surface area (Å²) >= 11 is 0. The van der Waals surface area contributed by atoms with Gasteiger partial charge in [-0.25, -0.2) is 0 Å². The molecule has 1 rings (SSSR count). The van der Waals surface area contributed by atoms with Crippen LogP contribution in [0, 0.1) is 5.92 Å². The Morgan fingerprint density at radius 2 is 2.31 bits per heavy atom. The smallest absolute Gasteiger partial charge is 0.269 e. The Morgan fingerprint density at radius 3 is 2.88 bits per heavy atom. The highest BCUT2D eigenvalue weighted by Gasteiger charge is 2.12.